The van der Waals surface area contributed by atoms with E-state index >= 15 is 0 Å². The normalized spacial score (nSPS) is 13.6. The Kier molecular flexibility index (Phi) is 7.78. The van der Waals surface area contributed by atoms with Gasteiger partial charge in [-0.25, -0.2) is 0 Å². The summed E-state index contributed by atoms with van der Waals surface area (Å²) in [5.41, 5.74) is -2.69. The van der Waals surface area contributed by atoms with E-state index in [2.05, 4.69) is 0 Å². The predicted octanol–water partition coefficient (Wildman–Crippen LogP) is 4.60. The Bertz CT molecular complexity index is 248. The van der Waals surface area contributed by atoms with Crippen molar-refractivity contribution in [3.63, 3.8) is 0 Å². The number of hydrogen-bond acceptors (Lipinski definition) is 2. The van der Waals surface area contributed by atoms with Gasteiger partial charge in [0.15, 0.2) is 0 Å². The van der Waals surface area contributed by atoms with E-state index in [0.717, 1.165) is 24.6 Å². The van der Waals surface area contributed by atoms with Gasteiger partial charge in [0.1, 0.15) is 11.0 Å². The third-order valence-corrected chi connectivity index (χ3v) is 3.26. The molecule has 0 amide bonds. The molecule has 17 heavy (non-hydrogen) atoms. The second kappa shape index (κ2) is 7.92. The van der Waals surface area contributed by atoms with Gasteiger partial charge in [-0.2, -0.15) is 22.0 Å². The molecule has 1 atom stereocenters. The monoisotopic (exact) mass is 278 g/mol. The van der Waals surface area contributed by atoms with Gasteiger partial charge in [-0.15, -0.1) is 11.8 Å². The number of rotatable bonds is 7. The molecule has 0 aliphatic carbocycles. The maximum absolute atomic E-state index is 12.3. The lowest BCUT2D eigenvalue weighted by atomic mass is 10.2. The van der Waals surface area contributed by atoms with Crippen LogP contribution in [0.25, 0.3) is 0 Å². The maximum atomic E-state index is 12.3. The van der Waals surface area contributed by atoms with Gasteiger partial charge in [-0.3, -0.25) is 0 Å². The van der Waals surface area contributed by atoms with E-state index in [1.165, 1.54) is 7.11 Å². The van der Waals surface area contributed by atoms with Crippen molar-refractivity contribution in [1.29, 1.82) is 0 Å². The van der Waals surface area contributed by atoms with Crippen LogP contribution in [0.1, 0.15) is 26.2 Å². The summed E-state index contributed by atoms with van der Waals surface area (Å²) in [4.78, 5) is 0. The van der Waals surface area contributed by atoms with Crippen LogP contribution in [0, 0.1) is 0 Å². The number of unbranched alkanes of at least 4 members (excludes halogenated alkanes) is 1. The molecule has 0 fully saturated rings. The molecule has 0 saturated carbocycles. The Balaban J connectivity index is 4.47. The smallest absolute Gasteiger partial charge is 0.370 e. The summed E-state index contributed by atoms with van der Waals surface area (Å²) in [7, 11) is 1.22. The highest BCUT2D eigenvalue weighted by atomic mass is 32.2. The van der Waals surface area contributed by atoms with Gasteiger partial charge in [0.25, 0.3) is 6.08 Å². The van der Waals surface area contributed by atoms with Gasteiger partial charge >= 0.3 is 6.18 Å². The molecule has 0 aromatic carbocycles. The van der Waals surface area contributed by atoms with Crippen LogP contribution in [0.15, 0.2) is 11.7 Å². The molecule has 7 heteroatoms. The van der Waals surface area contributed by atoms with Crippen LogP contribution in [0.5, 0.6) is 0 Å². The van der Waals surface area contributed by atoms with Crippen LogP contribution in [-0.4, -0.2) is 24.5 Å². The molecule has 1 unspecified atom stereocenters. The van der Waals surface area contributed by atoms with Crippen molar-refractivity contribution in [2.45, 2.75) is 37.8 Å². The minimum absolute atomic E-state index is 0.591. The molecule has 0 spiro atoms. The van der Waals surface area contributed by atoms with E-state index in [4.69, 9.17) is 4.74 Å². The number of methoxy groups -OCH3 is 1. The molecule has 0 aromatic heterocycles. The van der Waals surface area contributed by atoms with Gasteiger partial charge in [0, 0.05) is 13.5 Å². The highest BCUT2D eigenvalue weighted by Gasteiger charge is 2.39. The zero-order valence-corrected chi connectivity index (χ0v) is 10.4. The molecule has 102 valence electrons. The largest absolute Gasteiger partial charge is 0.417 e. The van der Waals surface area contributed by atoms with Crippen LogP contribution in [0.3, 0.4) is 0 Å². The zero-order valence-electron chi connectivity index (χ0n) is 9.61. The van der Waals surface area contributed by atoms with Crippen molar-refractivity contribution < 1.29 is 26.7 Å². The average Bonchev–Trinajstić information content (AvgIpc) is 2.20. The van der Waals surface area contributed by atoms with Gasteiger partial charge < -0.3 is 4.74 Å². The number of ether oxygens (including phenoxy) is 1. The molecule has 0 saturated heterocycles. The summed E-state index contributed by atoms with van der Waals surface area (Å²) in [6.07, 6.45) is -6.80. The first-order valence-electron chi connectivity index (χ1n) is 5.08. The number of alkyl halides is 3. The van der Waals surface area contributed by atoms with Crippen molar-refractivity contribution in [2.75, 3.05) is 12.9 Å². The fraction of sp³-hybridized carbons (Fsp3) is 0.800. The van der Waals surface area contributed by atoms with Crippen LogP contribution >= 0.6 is 11.8 Å². The molecule has 0 aromatic rings. The minimum Gasteiger partial charge on any atom is -0.370 e. The lowest BCUT2D eigenvalue weighted by molar-refractivity contribution is -0.0996. The van der Waals surface area contributed by atoms with Crippen molar-refractivity contribution in [3.8, 4) is 0 Å². The number of hydrogen-bond donors (Lipinski definition) is 0. The zero-order chi connectivity index (χ0) is 13.5. The minimum atomic E-state index is -5.00. The summed E-state index contributed by atoms with van der Waals surface area (Å²) in [6.45, 7) is 1.94. The second-order valence-corrected chi connectivity index (χ2v) is 4.60. The van der Waals surface area contributed by atoms with E-state index in [9.17, 15) is 22.0 Å². The molecule has 0 radical (unpaired) electrons. The second-order valence-electron chi connectivity index (χ2n) is 3.33. The van der Waals surface area contributed by atoms with E-state index in [1.54, 1.807) is 0 Å². The molecular weight excluding hydrogens is 263 g/mol. The summed E-state index contributed by atoms with van der Waals surface area (Å²) in [5, 5.41) is 0. The lowest BCUT2D eigenvalue weighted by Gasteiger charge is -2.17. The van der Waals surface area contributed by atoms with E-state index in [0.29, 0.717) is 5.75 Å². The molecular formula is C10H15F5OS. The Morgan fingerprint density at radius 3 is 2.24 bits per heavy atom. The molecule has 0 N–H and O–H groups in total. The van der Waals surface area contributed by atoms with Gasteiger partial charge in [0.05, 0.1) is 0 Å². The molecule has 0 aliphatic rings. The van der Waals surface area contributed by atoms with Gasteiger partial charge in [-0.05, 0) is 12.2 Å². The Morgan fingerprint density at radius 1 is 1.29 bits per heavy atom. The topological polar surface area (TPSA) is 9.23 Å². The van der Waals surface area contributed by atoms with Crippen molar-refractivity contribution >= 4 is 11.8 Å². The quantitative estimate of drug-likeness (QED) is 0.382. The van der Waals surface area contributed by atoms with Crippen molar-refractivity contribution in [2.24, 2.45) is 0 Å². The average molecular weight is 278 g/mol. The Morgan fingerprint density at radius 2 is 1.88 bits per heavy atom. The number of thioether (sulfide) groups is 1. The predicted molar refractivity (Wildman–Crippen MR) is 58.1 cm³/mol. The molecule has 1 nitrogen and oxygen atoms in total. The molecule has 0 bridgehead atoms. The first-order valence-corrected chi connectivity index (χ1v) is 6.13. The third kappa shape index (κ3) is 6.88. The highest BCUT2D eigenvalue weighted by Crippen LogP contribution is 2.35. The summed E-state index contributed by atoms with van der Waals surface area (Å²) >= 11 is 1.12. The summed E-state index contributed by atoms with van der Waals surface area (Å²) in [6, 6.07) is 0. The van der Waals surface area contributed by atoms with Crippen LogP contribution in [-0.2, 0) is 4.74 Å². The van der Waals surface area contributed by atoms with Gasteiger partial charge in [-0.1, -0.05) is 13.3 Å². The maximum Gasteiger partial charge on any atom is 0.417 e. The fourth-order valence-electron chi connectivity index (χ4n) is 1.04. The molecule has 0 aliphatic heterocycles. The molecule has 0 heterocycles. The van der Waals surface area contributed by atoms with Gasteiger partial charge in [0.2, 0.25) is 0 Å². The molecule has 0 rings (SSSR count). The van der Waals surface area contributed by atoms with E-state index in [-0.39, 0.29) is 0 Å². The summed E-state index contributed by atoms with van der Waals surface area (Å²) < 4.78 is 65.9. The first-order chi connectivity index (χ1) is 7.82. The first kappa shape index (κ1) is 16.7. The highest BCUT2D eigenvalue weighted by molar-refractivity contribution is 7.99. The summed E-state index contributed by atoms with van der Waals surface area (Å²) in [5.74, 6) is 0.591. The number of halogens is 5. The van der Waals surface area contributed by atoms with Crippen molar-refractivity contribution in [3.05, 3.63) is 11.7 Å². The fourth-order valence-corrected chi connectivity index (χ4v) is 2.17. The van der Waals surface area contributed by atoms with E-state index in [1.807, 2.05) is 6.92 Å². The van der Waals surface area contributed by atoms with E-state index < -0.39 is 29.7 Å². The lowest BCUT2D eigenvalue weighted by Crippen LogP contribution is -2.19. The van der Waals surface area contributed by atoms with Crippen LogP contribution in [0.2, 0.25) is 0 Å². The SMILES string of the molecule is CCCCSC(CC(=C(F)F)C(F)(F)F)OC. The Hall–Kier alpha value is -0.300. The standard InChI is InChI=1S/C10H15F5OS/c1-3-4-5-17-8(16-2)6-7(9(11)12)10(13,14)15/h8H,3-6H2,1-2H3. The van der Waals surface area contributed by atoms with Crippen LogP contribution in [0.4, 0.5) is 22.0 Å². The van der Waals surface area contributed by atoms with Crippen LogP contribution < -0.4 is 0 Å². The van der Waals surface area contributed by atoms with Crippen molar-refractivity contribution in [1.82, 2.24) is 0 Å². The Labute approximate surface area is 101 Å². The third-order valence-electron chi connectivity index (χ3n) is 2.01.